The summed E-state index contributed by atoms with van der Waals surface area (Å²) >= 11 is 0. The number of hydrogen-bond donors (Lipinski definition) is 1. The molecule has 2 aromatic rings. The molecule has 2 rings (SSSR count). The summed E-state index contributed by atoms with van der Waals surface area (Å²) in [5.41, 5.74) is 7.34. The highest BCUT2D eigenvalue weighted by Gasteiger charge is 2.10. The Morgan fingerprint density at radius 3 is 2.50 bits per heavy atom. The van der Waals surface area contributed by atoms with Crippen molar-refractivity contribution >= 4 is 22.1 Å². The third kappa shape index (κ3) is 2.02. The zero-order valence-corrected chi connectivity index (χ0v) is 9.67. The predicted molar refractivity (Wildman–Crippen MR) is 69.6 cm³/mol. The van der Waals surface area contributed by atoms with Crippen LogP contribution < -0.4 is 10.6 Å². The summed E-state index contributed by atoms with van der Waals surface area (Å²) in [5.74, 6) is 0. The molecular formula is C13H11N5. The van der Waals surface area contributed by atoms with Gasteiger partial charge in [0.15, 0.2) is 0 Å². The van der Waals surface area contributed by atoms with Crippen LogP contribution in [0.3, 0.4) is 0 Å². The lowest BCUT2D eigenvalue weighted by Gasteiger charge is -2.20. The van der Waals surface area contributed by atoms with Crippen molar-refractivity contribution in [2.24, 2.45) is 0 Å². The Labute approximate surface area is 105 Å². The van der Waals surface area contributed by atoms with Crippen molar-refractivity contribution < 1.29 is 0 Å². The first kappa shape index (κ1) is 11.7. The average Bonchev–Trinajstić information content (AvgIpc) is 2.39. The molecule has 1 aromatic carbocycles. The summed E-state index contributed by atoms with van der Waals surface area (Å²) in [7, 11) is 0. The van der Waals surface area contributed by atoms with Crippen LogP contribution in [-0.4, -0.2) is 18.1 Å². The second-order valence-electron chi connectivity index (χ2n) is 3.77. The van der Waals surface area contributed by atoms with Crippen LogP contribution in [-0.2, 0) is 0 Å². The maximum atomic E-state index is 8.81. The maximum absolute atomic E-state index is 8.81. The van der Waals surface area contributed by atoms with Gasteiger partial charge in [0.05, 0.1) is 12.1 Å². The van der Waals surface area contributed by atoms with Gasteiger partial charge < -0.3 is 10.6 Å². The van der Waals surface area contributed by atoms with E-state index < -0.39 is 0 Å². The molecule has 0 aliphatic rings. The molecule has 0 amide bonds. The quantitative estimate of drug-likeness (QED) is 0.647. The van der Waals surface area contributed by atoms with Gasteiger partial charge in [-0.2, -0.15) is 10.5 Å². The van der Waals surface area contributed by atoms with E-state index in [1.807, 2.05) is 12.1 Å². The molecule has 1 aromatic heterocycles. The highest BCUT2D eigenvalue weighted by atomic mass is 15.1. The van der Waals surface area contributed by atoms with Crippen molar-refractivity contribution in [3.8, 4) is 12.1 Å². The lowest BCUT2D eigenvalue weighted by molar-refractivity contribution is 0.972. The van der Waals surface area contributed by atoms with E-state index in [4.69, 9.17) is 16.3 Å². The third-order valence-electron chi connectivity index (χ3n) is 2.69. The van der Waals surface area contributed by atoms with Gasteiger partial charge in [-0.25, -0.2) is 0 Å². The van der Waals surface area contributed by atoms with Crippen LogP contribution in [0.1, 0.15) is 0 Å². The molecule has 5 heteroatoms. The van der Waals surface area contributed by atoms with Crippen molar-refractivity contribution in [2.75, 3.05) is 23.7 Å². The van der Waals surface area contributed by atoms with Gasteiger partial charge >= 0.3 is 0 Å². The van der Waals surface area contributed by atoms with Gasteiger partial charge in [-0.15, -0.1) is 0 Å². The number of benzene rings is 1. The minimum atomic E-state index is 0.162. The van der Waals surface area contributed by atoms with Crippen molar-refractivity contribution in [3.05, 3.63) is 30.6 Å². The Balaban J connectivity index is 2.61. The van der Waals surface area contributed by atoms with Crippen LogP contribution in [0.2, 0.25) is 0 Å². The number of rotatable bonds is 3. The van der Waals surface area contributed by atoms with Crippen molar-refractivity contribution in [2.45, 2.75) is 0 Å². The van der Waals surface area contributed by atoms with Gasteiger partial charge in [0.2, 0.25) is 0 Å². The van der Waals surface area contributed by atoms with Gasteiger partial charge in [0.25, 0.3) is 0 Å². The molecule has 0 bridgehead atoms. The summed E-state index contributed by atoms with van der Waals surface area (Å²) in [6.45, 7) is 0.323. The molecule has 0 aliphatic heterocycles. The third-order valence-corrected chi connectivity index (χ3v) is 2.69. The second kappa shape index (κ2) is 5.03. The first-order valence-electron chi connectivity index (χ1n) is 5.39. The molecule has 0 saturated carbocycles. The molecule has 0 unspecified atom stereocenters. The Morgan fingerprint density at radius 2 is 1.83 bits per heavy atom. The fourth-order valence-corrected chi connectivity index (χ4v) is 1.87. The second-order valence-corrected chi connectivity index (χ2v) is 3.77. The molecule has 88 valence electrons. The van der Waals surface area contributed by atoms with Crippen LogP contribution in [0, 0.1) is 22.7 Å². The van der Waals surface area contributed by atoms with Crippen LogP contribution in [0.5, 0.6) is 0 Å². The number of pyridine rings is 1. The van der Waals surface area contributed by atoms with E-state index in [2.05, 4.69) is 17.1 Å². The molecule has 0 saturated heterocycles. The molecule has 0 fully saturated rings. The molecule has 2 N–H and O–H groups in total. The summed E-state index contributed by atoms with van der Waals surface area (Å²) in [6, 6.07) is 9.54. The van der Waals surface area contributed by atoms with E-state index in [-0.39, 0.29) is 13.1 Å². The van der Waals surface area contributed by atoms with Crippen LogP contribution >= 0.6 is 0 Å². The SMILES string of the molecule is N#CCN(CC#N)c1ccc(N)c2cnccc12. The minimum absolute atomic E-state index is 0.162. The van der Waals surface area contributed by atoms with Crippen LogP contribution in [0.4, 0.5) is 11.4 Å². The molecule has 0 atom stereocenters. The standard InChI is InChI=1S/C13H11N5/c14-4-7-18(8-5-15)13-2-1-12(16)11-9-17-6-3-10(11)13/h1-3,6,9H,7-8,16H2. The van der Waals surface area contributed by atoms with Crippen molar-refractivity contribution in [1.29, 1.82) is 10.5 Å². The molecular weight excluding hydrogens is 226 g/mol. The number of anilines is 2. The first-order valence-corrected chi connectivity index (χ1v) is 5.39. The first-order chi connectivity index (χ1) is 8.77. The van der Waals surface area contributed by atoms with E-state index in [1.165, 1.54) is 0 Å². The number of nitrogen functional groups attached to an aromatic ring is 1. The van der Waals surface area contributed by atoms with Gasteiger partial charge in [0, 0.05) is 34.5 Å². The van der Waals surface area contributed by atoms with E-state index in [1.54, 1.807) is 23.4 Å². The molecule has 0 radical (unpaired) electrons. The van der Waals surface area contributed by atoms with Gasteiger partial charge in [0.1, 0.15) is 13.1 Å². The van der Waals surface area contributed by atoms with E-state index in [0.717, 1.165) is 16.5 Å². The van der Waals surface area contributed by atoms with Crippen molar-refractivity contribution in [3.63, 3.8) is 0 Å². The minimum Gasteiger partial charge on any atom is -0.398 e. The highest BCUT2D eigenvalue weighted by molar-refractivity contribution is 6.00. The summed E-state index contributed by atoms with van der Waals surface area (Å²) in [5, 5.41) is 19.4. The topological polar surface area (TPSA) is 89.7 Å². The summed E-state index contributed by atoms with van der Waals surface area (Å²) in [6.07, 6.45) is 3.35. The molecule has 1 heterocycles. The fraction of sp³-hybridized carbons (Fsp3) is 0.154. The summed E-state index contributed by atoms with van der Waals surface area (Å²) in [4.78, 5) is 5.75. The molecule has 0 aliphatic carbocycles. The lowest BCUT2D eigenvalue weighted by Crippen LogP contribution is -2.24. The van der Waals surface area contributed by atoms with Crippen LogP contribution in [0.25, 0.3) is 10.8 Å². The number of fused-ring (bicyclic) bond motifs is 1. The smallest absolute Gasteiger partial charge is 0.106 e. The van der Waals surface area contributed by atoms with Gasteiger partial charge in [-0.05, 0) is 18.2 Å². The lowest BCUT2D eigenvalue weighted by atomic mass is 10.1. The number of nitriles is 2. The van der Waals surface area contributed by atoms with Crippen LogP contribution in [0.15, 0.2) is 30.6 Å². The largest absolute Gasteiger partial charge is 0.398 e. The fourth-order valence-electron chi connectivity index (χ4n) is 1.87. The number of aromatic nitrogens is 1. The number of nitrogens with two attached hydrogens (primary N) is 1. The zero-order chi connectivity index (χ0) is 13.0. The summed E-state index contributed by atoms with van der Waals surface area (Å²) < 4.78 is 0. The van der Waals surface area contributed by atoms with Gasteiger partial charge in [-0.1, -0.05) is 0 Å². The Hall–Kier alpha value is -2.79. The Morgan fingerprint density at radius 1 is 1.11 bits per heavy atom. The predicted octanol–water partition coefficient (Wildman–Crippen LogP) is 1.67. The average molecular weight is 237 g/mol. The van der Waals surface area contributed by atoms with E-state index >= 15 is 0 Å². The van der Waals surface area contributed by atoms with Crippen molar-refractivity contribution in [1.82, 2.24) is 4.98 Å². The molecule has 0 spiro atoms. The van der Waals surface area contributed by atoms with Gasteiger partial charge in [-0.3, -0.25) is 4.98 Å². The van der Waals surface area contributed by atoms with E-state index in [0.29, 0.717) is 5.69 Å². The maximum Gasteiger partial charge on any atom is 0.106 e. The Kier molecular flexibility index (Phi) is 3.26. The number of hydrogen-bond acceptors (Lipinski definition) is 5. The monoisotopic (exact) mass is 237 g/mol. The molecule has 18 heavy (non-hydrogen) atoms. The highest BCUT2D eigenvalue weighted by Crippen LogP contribution is 2.29. The number of nitrogens with zero attached hydrogens (tertiary/aromatic N) is 4. The molecule has 5 nitrogen and oxygen atoms in total. The Bertz CT molecular complexity index is 634. The zero-order valence-electron chi connectivity index (χ0n) is 9.67. The van der Waals surface area contributed by atoms with E-state index in [9.17, 15) is 0 Å². The normalized spacial score (nSPS) is 9.67.